The van der Waals surface area contributed by atoms with Crippen molar-refractivity contribution in [2.24, 2.45) is 5.92 Å². The standard InChI is InChI=1S/C15H25NO2/c1-10(2)5-6-11(3)16-12(4)14-9-13(17)7-8-15(14)18/h7-12,16-18H,5-6H2,1-4H3. The molecular formula is C15H25NO2. The molecule has 0 saturated heterocycles. The molecule has 2 atom stereocenters. The zero-order valence-corrected chi connectivity index (χ0v) is 11.8. The summed E-state index contributed by atoms with van der Waals surface area (Å²) in [6.45, 7) is 8.59. The zero-order chi connectivity index (χ0) is 13.7. The highest BCUT2D eigenvalue weighted by molar-refractivity contribution is 5.40. The fraction of sp³-hybridized carbons (Fsp3) is 0.600. The molecule has 0 aliphatic carbocycles. The lowest BCUT2D eigenvalue weighted by molar-refractivity contribution is 0.400. The van der Waals surface area contributed by atoms with Gasteiger partial charge in [-0.15, -0.1) is 0 Å². The van der Waals surface area contributed by atoms with Crippen LogP contribution in [0.2, 0.25) is 0 Å². The van der Waals surface area contributed by atoms with Crippen molar-refractivity contribution in [2.45, 2.75) is 52.6 Å². The predicted octanol–water partition coefficient (Wildman–Crippen LogP) is 3.57. The van der Waals surface area contributed by atoms with Gasteiger partial charge in [-0.3, -0.25) is 0 Å². The van der Waals surface area contributed by atoms with Crippen molar-refractivity contribution in [2.75, 3.05) is 0 Å². The topological polar surface area (TPSA) is 52.5 Å². The van der Waals surface area contributed by atoms with Crippen LogP contribution in [0.3, 0.4) is 0 Å². The molecule has 1 aromatic carbocycles. The molecule has 102 valence electrons. The van der Waals surface area contributed by atoms with Crippen molar-refractivity contribution in [3.63, 3.8) is 0 Å². The second-order valence-corrected chi connectivity index (χ2v) is 5.50. The Balaban J connectivity index is 2.58. The minimum Gasteiger partial charge on any atom is -0.508 e. The maximum atomic E-state index is 9.79. The Morgan fingerprint density at radius 3 is 2.33 bits per heavy atom. The lowest BCUT2D eigenvalue weighted by atomic mass is 10.0. The average Bonchev–Trinajstić information content (AvgIpc) is 2.29. The highest BCUT2D eigenvalue weighted by Crippen LogP contribution is 2.28. The second-order valence-electron chi connectivity index (χ2n) is 5.50. The first kappa shape index (κ1) is 14.8. The predicted molar refractivity (Wildman–Crippen MR) is 74.9 cm³/mol. The fourth-order valence-corrected chi connectivity index (χ4v) is 2.07. The van der Waals surface area contributed by atoms with Gasteiger partial charge in [0, 0.05) is 17.6 Å². The largest absolute Gasteiger partial charge is 0.508 e. The van der Waals surface area contributed by atoms with Gasteiger partial charge in [0.15, 0.2) is 0 Å². The summed E-state index contributed by atoms with van der Waals surface area (Å²) in [5.74, 6) is 1.12. The molecule has 3 nitrogen and oxygen atoms in total. The summed E-state index contributed by atoms with van der Waals surface area (Å²) in [6, 6.07) is 5.06. The molecule has 0 spiro atoms. The first-order valence-corrected chi connectivity index (χ1v) is 6.68. The molecule has 3 N–H and O–H groups in total. The molecule has 0 bridgehead atoms. The number of aromatic hydroxyl groups is 2. The highest BCUT2D eigenvalue weighted by Gasteiger charge is 2.13. The number of phenols is 2. The Morgan fingerprint density at radius 1 is 1.06 bits per heavy atom. The Bertz CT molecular complexity index is 377. The lowest BCUT2D eigenvalue weighted by Crippen LogP contribution is -2.29. The molecule has 0 radical (unpaired) electrons. The molecule has 1 rings (SSSR count). The molecule has 0 fully saturated rings. The summed E-state index contributed by atoms with van der Waals surface area (Å²) in [5, 5.41) is 22.7. The summed E-state index contributed by atoms with van der Waals surface area (Å²) >= 11 is 0. The second kappa shape index (κ2) is 6.64. The third-order valence-electron chi connectivity index (χ3n) is 3.19. The lowest BCUT2D eigenvalue weighted by Gasteiger charge is -2.21. The Kier molecular flexibility index (Phi) is 5.48. The van der Waals surface area contributed by atoms with Crippen molar-refractivity contribution in [1.82, 2.24) is 5.32 Å². The molecule has 1 aromatic rings. The number of benzene rings is 1. The van der Waals surface area contributed by atoms with Gasteiger partial charge in [-0.05, 0) is 50.8 Å². The monoisotopic (exact) mass is 251 g/mol. The summed E-state index contributed by atoms with van der Waals surface area (Å²) in [6.07, 6.45) is 2.30. The van der Waals surface area contributed by atoms with Gasteiger partial charge in [-0.1, -0.05) is 13.8 Å². The minimum absolute atomic E-state index is 0.0271. The van der Waals surface area contributed by atoms with E-state index >= 15 is 0 Å². The van der Waals surface area contributed by atoms with E-state index in [2.05, 4.69) is 26.1 Å². The van der Waals surface area contributed by atoms with Crippen LogP contribution in [0, 0.1) is 5.92 Å². The number of hydrogen-bond donors (Lipinski definition) is 3. The van der Waals surface area contributed by atoms with E-state index in [9.17, 15) is 10.2 Å². The van der Waals surface area contributed by atoms with Gasteiger partial charge in [0.05, 0.1) is 0 Å². The van der Waals surface area contributed by atoms with Crippen molar-refractivity contribution < 1.29 is 10.2 Å². The third-order valence-corrected chi connectivity index (χ3v) is 3.19. The molecule has 18 heavy (non-hydrogen) atoms. The van der Waals surface area contributed by atoms with E-state index in [4.69, 9.17) is 0 Å². The van der Waals surface area contributed by atoms with Crippen LogP contribution in [-0.4, -0.2) is 16.3 Å². The quantitative estimate of drug-likeness (QED) is 0.677. The van der Waals surface area contributed by atoms with E-state index in [0.717, 1.165) is 12.0 Å². The smallest absolute Gasteiger partial charge is 0.120 e. The minimum atomic E-state index is 0.0271. The van der Waals surface area contributed by atoms with Crippen LogP contribution >= 0.6 is 0 Å². The van der Waals surface area contributed by atoms with Gasteiger partial charge in [0.1, 0.15) is 11.5 Å². The molecule has 0 heterocycles. The van der Waals surface area contributed by atoms with Crippen LogP contribution in [0.1, 0.15) is 52.1 Å². The molecular weight excluding hydrogens is 226 g/mol. The SMILES string of the molecule is CC(C)CCC(C)NC(C)c1cc(O)ccc1O. The number of hydrogen-bond acceptors (Lipinski definition) is 3. The van der Waals surface area contributed by atoms with Crippen LogP contribution in [-0.2, 0) is 0 Å². The van der Waals surface area contributed by atoms with E-state index in [1.165, 1.54) is 18.6 Å². The van der Waals surface area contributed by atoms with Crippen LogP contribution in [0.5, 0.6) is 11.5 Å². The third kappa shape index (κ3) is 4.57. The van der Waals surface area contributed by atoms with Crippen molar-refractivity contribution in [3.8, 4) is 11.5 Å². The summed E-state index contributed by atoms with van der Waals surface area (Å²) in [5.41, 5.74) is 0.742. The molecule has 3 heteroatoms. The van der Waals surface area contributed by atoms with E-state index in [0.29, 0.717) is 12.0 Å². The Morgan fingerprint density at radius 2 is 1.72 bits per heavy atom. The van der Waals surface area contributed by atoms with Gasteiger partial charge in [-0.25, -0.2) is 0 Å². The van der Waals surface area contributed by atoms with Gasteiger partial charge >= 0.3 is 0 Å². The molecule has 0 aliphatic heterocycles. The number of nitrogens with one attached hydrogen (secondary N) is 1. The van der Waals surface area contributed by atoms with Crippen molar-refractivity contribution in [3.05, 3.63) is 23.8 Å². The van der Waals surface area contributed by atoms with Gasteiger partial charge in [0.2, 0.25) is 0 Å². The average molecular weight is 251 g/mol. The van der Waals surface area contributed by atoms with E-state index < -0.39 is 0 Å². The van der Waals surface area contributed by atoms with E-state index in [1.807, 2.05) is 6.92 Å². The molecule has 0 aromatic heterocycles. The van der Waals surface area contributed by atoms with Gasteiger partial charge < -0.3 is 15.5 Å². The Labute approximate surface area is 110 Å². The van der Waals surface area contributed by atoms with Crippen LogP contribution in [0.4, 0.5) is 0 Å². The van der Waals surface area contributed by atoms with Crippen LogP contribution in [0.15, 0.2) is 18.2 Å². The summed E-state index contributed by atoms with van der Waals surface area (Å²) in [4.78, 5) is 0. The number of rotatable bonds is 6. The molecule has 0 aliphatic rings. The first-order chi connectivity index (χ1) is 8.40. The fourth-order valence-electron chi connectivity index (χ4n) is 2.07. The normalized spacial score (nSPS) is 14.7. The Hall–Kier alpha value is -1.22. The maximum Gasteiger partial charge on any atom is 0.120 e. The van der Waals surface area contributed by atoms with Crippen molar-refractivity contribution >= 4 is 0 Å². The highest BCUT2D eigenvalue weighted by atomic mass is 16.3. The molecule has 0 saturated carbocycles. The van der Waals surface area contributed by atoms with Crippen LogP contribution < -0.4 is 5.32 Å². The summed E-state index contributed by atoms with van der Waals surface area (Å²) in [7, 11) is 0. The zero-order valence-electron chi connectivity index (χ0n) is 11.8. The maximum absolute atomic E-state index is 9.79. The van der Waals surface area contributed by atoms with Gasteiger partial charge in [0.25, 0.3) is 0 Å². The molecule has 0 amide bonds. The van der Waals surface area contributed by atoms with Crippen LogP contribution in [0.25, 0.3) is 0 Å². The van der Waals surface area contributed by atoms with Crippen molar-refractivity contribution in [1.29, 1.82) is 0 Å². The van der Waals surface area contributed by atoms with Gasteiger partial charge in [-0.2, -0.15) is 0 Å². The van der Waals surface area contributed by atoms with E-state index in [1.54, 1.807) is 6.07 Å². The number of phenolic OH excluding ortho intramolecular Hbond substituents is 2. The summed E-state index contributed by atoms with van der Waals surface area (Å²) < 4.78 is 0. The molecule has 2 unspecified atom stereocenters. The van der Waals surface area contributed by atoms with E-state index in [-0.39, 0.29) is 17.5 Å². The first-order valence-electron chi connectivity index (χ1n) is 6.68.